The average Bonchev–Trinajstić information content (AvgIpc) is 2.74. The Kier molecular flexibility index (Phi) is 5.72. The highest BCUT2D eigenvalue weighted by atomic mass is 16.1. The number of benzene rings is 1. The van der Waals surface area contributed by atoms with Crippen molar-refractivity contribution in [1.82, 2.24) is 14.7 Å². The molecule has 5 nitrogen and oxygen atoms in total. The number of unbranched alkanes of at least 4 members (excludes halogenated alkanes) is 1. The Hall–Kier alpha value is -2.66. The summed E-state index contributed by atoms with van der Waals surface area (Å²) >= 11 is 0. The normalized spacial score (nSPS) is 17.0. The Labute approximate surface area is 165 Å². The molecule has 2 N–H and O–H groups in total. The number of anilines is 1. The molecule has 146 valence electrons. The monoisotopic (exact) mass is 376 g/mol. The highest BCUT2D eigenvalue weighted by Gasteiger charge is 2.16. The number of nitrogens with one attached hydrogen (secondary N) is 2. The first-order valence-electron chi connectivity index (χ1n) is 10.3. The van der Waals surface area contributed by atoms with Crippen LogP contribution in [0.3, 0.4) is 0 Å². The van der Waals surface area contributed by atoms with Gasteiger partial charge in [0.25, 0.3) is 5.56 Å². The maximum atomic E-state index is 13.2. The number of hydrogen-bond donors (Lipinski definition) is 2. The van der Waals surface area contributed by atoms with Crippen LogP contribution in [0.25, 0.3) is 16.8 Å². The van der Waals surface area contributed by atoms with E-state index >= 15 is 0 Å². The molecule has 0 spiro atoms. The molecule has 1 aliphatic heterocycles. The lowest BCUT2D eigenvalue weighted by Gasteiger charge is -2.24. The first-order valence-corrected chi connectivity index (χ1v) is 10.3. The van der Waals surface area contributed by atoms with Gasteiger partial charge < -0.3 is 10.6 Å². The third-order valence-corrected chi connectivity index (χ3v) is 5.42. The average molecular weight is 377 g/mol. The minimum absolute atomic E-state index is 0.00823. The third-order valence-electron chi connectivity index (χ3n) is 5.42. The summed E-state index contributed by atoms with van der Waals surface area (Å²) in [5, 5.41) is 7.02. The zero-order valence-electron chi connectivity index (χ0n) is 16.4. The molecule has 28 heavy (non-hydrogen) atoms. The Morgan fingerprint density at radius 1 is 1.21 bits per heavy atom. The van der Waals surface area contributed by atoms with E-state index in [9.17, 15) is 4.79 Å². The second kappa shape index (κ2) is 8.57. The molecule has 1 aliphatic rings. The molecule has 4 rings (SSSR count). The number of fused-ring (bicyclic) bond motifs is 1. The minimum Gasteiger partial charge on any atom is -0.381 e. The molecule has 0 aliphatic carbocycles. The van der Waals surface area contributed by atoms with Crippen molar-refractivity contribution in [2.24, 2.45) is 0 Å². The van der Waals surface area contributed by atoms with Gasteiger partial charge in [0.15, 0.2) is 0 Å². The van der Waals surface area contributed by atoms with Crippen molar-refractivity contribution in [3.05, 3.63) is 64.7 Å². The highest BCUT2D eigenvalue weighted by molar-refractivity contribution is 5.69. The van der Waals surface area contributed by atoms with Crippen LogP contribution in [0, 0.1) is 0 Å². The predicted molar refractivity (Wildman–Crippen MR) is 115 cm³/mol. The zero-order chi connectivity index (χ0) is 19.3. The van der Waals surface area contributed by atoms with E-state index < -0.39 is 0 Å². The van der Waals surface area contributed by atoms with E-state index in [2.05, 4.69) is 29.7 Å². The maximum Gasteiger partial charge on any atom is 0.265 e. The third kappa shape index (κ3) is 3.94. The fourth-order valence-corrected chi connectivity index (χ4v) is 3.89. The molecule has 1 aromatic carbocycles. The van der Waals surface area contributed by atoms with E-state index in [-0.39, 0.29) is 5.56 Å². The quantitative estimate of drug-likeness (QED) is 0.686. The molecule has 0 amide bonds. The SMILES string of the molecule is CCCCc1nc2ccccn2c(=O)c1-c1ccc(N[C@@H]2CCCNC2)cc1. The second-order valence-corrected chi connectivity index (χ2v) is 7.54. The lowest BCUT2D eigenvalue weighted by Crippen LogP contribution is -2.38. The Morgan fingerprint density at radius 3 is 2.82 bits per heavy atom. The maximum absolute atomic E-state index is 13.2. The van der Waals surface area contributed by atoms with Crippen LogP contribution in [-0.4, -0.2) is 28.5 Å². The van der Waals surface area contributed by atoms with E-state index in [1.807, 2.05) is 30.3 Å². The molecular formula is C23H28N4O. The van der Waals surface area contributed by atoms with Crippen LogP contribution in [0.15, 0.2) is 53.5 Å². The number of pyridine rings is 1. The standard InChI is InChI=1S/C23H28N4O/c1-2-3-8-20-22(23(28)27-15-5-4-9-21(27)26-20)17-10-12-18(13-11-17)25-19-7-6-14-24-16-19/h4-5,9-13,15,19,24-25H,2-3,6-8,14,16H2,1H3/t19-/m1/s1. The molecule has 0 radical (unpaired) electrons. The van der Waals surface area contributed by atoms with Crippen LogP contribution in [-0.2, 0) is 6.42 Å². The van der Waals surface area contributed by atoms with Crippen molar-refractivity contribution in [2.75, 3.05) is 18.4 Å². The van der Waals surface area contributed by atoms with Gasteiger partial charge in [-0.15, -0.1) is 0 Å². The van der Waals surface area contributed by atoms with Crippen molar-refractivity contribution >= 4 is 11.3 Å². The zero-order valence-corrected chi connectivity index (χ0v) is 16.4. The fourth-order valence-electron chi connectivity index (χ4n) is 3.89. The molecule has 1 saturated heterocycles. The number of piperidine rings is 1. The van der Waals surface area contributed by atoms with Gasteiger partial charge in [-0.3, -0.25) is 9.20 Å². The second-order valence-electron chi connectivity index (χ2n) is 7.54. The van der Waals surface area contributed by atoms with Crippen LogP contribution in [0.4, 0.5) is 5.69 Å². The fraction of sp³-hybridized carbons (Fsp3) is 0.391. The van der Waals surface area contributed by atoms with E-state index in [0.717, 1.165) is 54.9 Å². The molecule has 1 fully saturated rings. The molecule has 3 heterocycles. The molecule has 3 aromatic rings. The van der Waals surface area contributed by atoms with Crippen LogP contribution >= 0.6 is 0 Å². The molecule has 0 bridgehead atoms. The van der Waals surface area contributed by atoms with E-state index in [1.165, 1.54) is 12.8 Å². The lowest BCUT2D eigenvalue weighted by atomic mass is 10.0. The first kappa shape index (κ1) is 18.7. The smallest absolute Gasteiger partial charge is 0.265 e. The Bertz CT molecular complexity index is 988. The number of hydrogen-bond acceptors (Lipinski definition) is 4. The van der Waals surface area contributed by atoms with Crippen molar-refractivity contribution in [2.45, 2.75) is 45.1 Å². The number of rotatable bonds is 6. The summed E-state index contributed by atoms with van der Waals surface area (Å²) in [6, 6.07) is 14.4. The van der Waals surface area contributed by atoms with Gasteiger partial charge in [-0.05, 0) is 62.1 Å². The van der Waals surface area contributed by atoms with Crippen LogP contribution in [0.1, 0.15) is 38.3 Å². The molecule has 0 unspecified atom stereocenters. The van der Waals surface area contributed by atoms with Crippen LogP contribution < -0.4 is 16.2 Å². The summed E-state index contributed by atoms with van der Waals surface area (Å²) in [6.07, 6.45) is 7.11. The number of nitrogens with zero attached hydrogens (tertiary/aromatic N) is 2. The number of aryl methyl sites for hydroxylation is 1. The molecule has 1 atom stereocenters. The van der Waals surface area contributed by atoms with Crippen molar-refractivity contribution in [3.63, 3.8) is 0 Å². The molecular weight excluding hydrogens is 348 g/mol. The van der Waals surface area contributed by atoms with Gasteiger partial charge in [-0.1, -0.05) is 31.5 Å². The predicted octanol–water partition coefficient (Wildman–Crippen LogP) is 3.87. The van der Waals surface area contributed by atoms with Gasteiger partial charge >= 0.3 is 0 Å². The van der Waals surface area contributed by atoms with E-state index in [1.54, 1.807) is 10.6 Å². The van der Waals surface area contributed by atoms with Gasteiger partial charge in [-0.2, -0.15) is 0 Å². The van der Waals surface area contributed by atoms with Gasteiger partial charge in [0.2, 0.25) is 0 Å². The lowest BCUT2D eigenvalue weighted by molar-refractivity contribution is 0.480. The van der Waals surface area contributed by atoms with Gasteiger partial charge in [-0.25, -0.2) is 4.98 Å². The van der Waals surface area contributed by atoms with E-state index in [4.69, 9.17) is 4.98 Å². The van der Waals surface area contributed by atoms with Gasteiger partial charge in [0, 0.05) is 24.5 Å². The Morgan fingerprint density at radius 2 is 2.07 bits per heavy atom. The van der Waals surface area contributed by atoms with Gasteiger partial charge in [0.1, 0.15) is 5.65 Å². The van der Waals surface area contributed by atoms with Crippen LogP contribution in [0.2, 0.25) is 0 Å². The summed E-state index contributed by atoms with van der Waals surface area (Å²) in [5.74, 6) is 0. The summed E-state index contributed by atoms with van der Waals surface area (Å²) in [5.41, 5.74) is 4.38. The Balaban J connectivity index is 1.68. The van der Waals surface area contributed by atoms with Gasteiger partial charge in [0.05, 0.1) is 11.3 Å². The first-order chi connectivity index (χ1) is 13.8. The minimum atomic E-state index is 0.00823. The molecule has 2 aromatic heterocycles. The largest absolute Gasteiger partial charge is 0.381 e. The summed E-state index contributed by atoms with van der Waals surface area (Å²) < 4.78 is 1.64. The topological polar surface area (TPSA) is 58.4 Å². The summed E-state index contributed by atoms with van der Waals surface area (Å²) in [4.78, 5) is 18.0. The van der Waals surface area contributed by atoms with Crippen molar-refractivity contribution in [1.29, 1.82) is 0 Å². The molecule has 0 saturated carbocycles. The molecule has 5 heteroatoms. The number of aromatic nitrogens is 2. The van der Waals surface area contributed by atoms with Crippen molar-refractivity contribution in [3.8, 4) is 11.1 Å². The van der Waals surface area contributed by atoms with Crippen LogP contribution in [0.5, 0.6) is 0 Å². The highest BCUT2D eigenvalue weighted by Crippen LogP contribution is 2.24. The van der Waals surface area contributed by atoms with E-state index in [0.29, 0.717) is 11.7 Å². The van der Waals surface area contributed by atoms with Crippen molar-refractivity contribution < 1.29 is 0 Å². The summed E-state index contributed by atoms with van der Waals surface area (Å²) in [7, 11) is 0. The summed E-state index contributed by atoms with van der Waals surface area (Å²) in [6.45, 7) is 4.27.